The number of hydrogen-bond acceptors (Lipinski definition) is 4. The first kappa shape index (κ1) is 23.6. The topological polar surface area (TPSA) is 60.4 Å². The Hall–Kier alpha value is -3.02. The standard InChI is InChI=1S/C27H28O4S/c1-3-23(20-27(28)25-9-5-4-6-10-25)24-15-13-22(14-16-24)8-7-19-31-32(29,30)26-17-11-21(2)12-18-26/h3-6,9-18,23H,1,7-8,19-20H2,2H3. The van der Waals surface area contributed by atoms with Crippen LogP contribution >= 0.6 is 0 Å². The van der Waals surface area contributed by atoms with Crippen LogP contribution in [0.4, 0.5) is 0 Å². The monoisotopic (exact) mass is 448 g/mol. The van der Waals surface area contributed by atoms with E-state index in [1.54, 1.807) is 30.3 Å². The maximum Gasteiger partial charge on any atom is 0.296 e. The van der Waals surface area contributed by atoms with Crippen LogP contribution in [0.15, 0.2) is 96.4 Å². The van der Waals surface area contributed by atoms with Crippen LogP contribution in [0.1, 0.15) is 45.8 Å². The van der Waals surface area contributed by atoms with E-state index in [1.165, 1.54) is 0 Å². The Bertz CT molecular complexity index is 1130. The zero-order valence-electron chi connectivity index (χ0n) is 18.2. The molecule has 0 radical (unpaired) electrons. The van der Waals surface area contributed by atoms with Crippen LogP contribution in [0.25, 0.3) is 0 Å². The van der Waals surface area contributed by atoms with Crippen LogP contribution in [0, 0.1) is 6.92 Å². The molecule has 0 aliphatic heterocycles. The molecule has 0 aromatic heterocycles. The van der Waals surface area contributed by atoms with E-state index in [9.17, 15) is 13.2 Å². The molecule has 3 aromatic carbocycles. The van der Waals surface area contributed by atoms with Gasteiger partial charge in [-0.3, -0.25) is 8.98 Å². The summed E-state index contributed by atoms with van der Waals surface area (Å²) in [6.45, 7) is 5.92. The molecule has 0 fully saturated rings. The van der Waals surface area contributed by atoms with Crippen LogP contribution in [0.2, 0.25) is 0 Å². The number of rotatable bonds is 11. The third kappa shape index (κ3) is 6.49. The number of allylic oxidation sites excluding steroid dienone is 1. The van der Waals surface area contributed by atoms with Gasteiger partial charge in [0.05, 0.1) is 11.5 Å². The van der Waals surface area contributed by atoms with Gasteiger partial charge in [-0.1, -0.05) is 78.4 Å². The van der Waals surface area contributed by atoms with Crippen LogP contribution in [0.5, 0.6) is 0 Å². The Kier molecular flexibility index (Phi) is 8.14. The molecule has 32 heavy (non-hydrogen) atoms. The zero-order chi connectivity index (χ0) is 23.0. The summed E-state index contributed by atoms with van der Waals surface area (Å²) in [7, 11) is -3.73. The number of ketones is 1. The fraction of sp³-hybridized carbons (Fsp3) is 0.222. The lowest BCUT2D eigenvalue weighted by molar-refractivity contribution is 0.0978. The Balaban J connectivity index is 1.51. The zero-order valence-corrected chi connectivity index (χ0v) is 19.1. The fourth-order valence-electron chi connectivity index (χ4n) is 3.43. The smallest absolute Gasteiger partial charge is 0.294 e. The highest BCUT2D eigenvalue weighted by atomic mass is 32.2. The Morgan fingerprint density at radius 2 is 1.62 bits per heavy atom. The van der Waals surface area contributed by atoms with Gasteiger partial charge in [-0.2, -0.15) is 8.42 Å². The quantitative estimate of drug-likeness (QED) is 0.159. The maximum atomic E-state index is 12.5. The number of hydrogen-bond donors (Lipinski definition) is 0. The summed E-state index contributed by atoms with van der Waals surface area (Å²) >= 11 is 0. The Labute approximate surface area is 190 Å². The van der Waals surface area contributed by atoms with E-state index in [2.05, 4.69) is 6.58 Å². The minimum absolute atomic E-state index is 0.0558. The summed E-state index contributed by atoms with van der Waals surface area (Å²) in [4.78, 5) is 12.7. The van der Waals surface area contributed by atoms with Crippen molar-refractivity contribution < 1.29 is 17.4 Å². The van der Waals surface area contributed by atoms with Gasteiger partial charge in [-0.25, -0.2) is 0 Å². The number of benzene rings is 3. The van der Waals surface area contributed by atoms with E-state index in [4.69, 9.17) is 4.18 Å². The molecule has 0 aliphatic rings. The average Bonchev–Trinajstić information content (AvgIpc) is 2.81. The van der Waals surface area contributed by atoms with Gasteiger partial charge >= 0.3 is 0 Å². The van der Waals surface area contributed by atoms with Gasteiger partial charge in [0.2, 0.25) is 0 Å². The Morgan fingerprint density at radius 3 is 2.25 bits per heavy atom. The molecule has 0 saturated heterocycles. The molecule has 0 amide bonds. The highest BCUT2D eigenvalue weighted by molar-refractivity contribution is 7.86. The van der Waals surface area contributed by atoms with Crippen molar-refractivity contribution >= 4 is 15.9 Å². The third-order valence-electron chi connectivity index (χ3n) is 5.35. The predicted molar refractivity (Wildman–Crippen MR) is 127 cm³/mol. The number of aryl methyl sites for hydroxylation is 2. The van der Waals surface area contributed by atoms with Crippen molar-refractivity contribution in [1.29, 1.82) is 0 Å². The second kappa shape index (κ2) is 11.0. The molecular weight excluding hydrogens is 420 g/mol. The van der Waals surface area contributed by atoms with Gasteiger partial charge in [0.1, 0.15) is 0 Å². The molecule has 4 nitrogen and oxygen atoms in total. The summed E-state index contributed by atoms with van der Waals surface area (Å²) in [5.74, 6) is 0.0336. The summed E-state index contributed by atoms with van der Waals surface area (Å²) < 4.78 is 29.6. The largest absolute Gasteiger partial charge is 0.296 e. The predicted octanol–water partition coefficient (Wildman–Crippen LogP) is 5.88. The van der Waals surface area contributed by atoms with Crippen molar-refractivity contribution in [3.63, 3.8) is 0 Å². The summed E-state index contributed by atoms with van der Waals surface area (Å²) in [5.41, 5.74) is 3.82. The van der Waals surface area contributed by atoms with Crippen molar-refractivity contribution in [2.45, 2.75) is 37.0 Å². The lowest BCUT2D eigenvalue weighted by Gasteiger charge is -2.13. The molecule has 0 spiro atoms. The molecule has 1 unspecified atom stereocenters. The first-order chi connectivity index (χ1) is 15.4. The van der Waals surface area contributed by atoms with Crippen LogP contribution in [0.3, 0.4) is 0 Å². The molecular formula is C27H28O4S. The van der Waals surface area contributed by atoms with E-state index < -0.39 is 10.1 Å². The van der Waals surface area contributed by atoms with E-state index in [0.717, 1.165) is 16.7 Å². The van der Waals surface area contributed by atoms with E-state index in [0.29, 0.717) is 24.8 Å². The lowest BCUT2D eigenvalue weighted by Crippen LogP contribution is -2.08. The van der Waals surface area contributed by atoms with Crippen molar-refractivity contribution in [1.82, 2.24) is 0 Å². The van der Waals surface area contributed by atoms with Crippen molar-refractivity contribution in [3.8, 4) is 0 Å². The molecule has 0 saturated carbocycles. The summed E-state index contributed by atoms with van der Waals surface area (Å²) in [5, 5.41) is 0. The van der Waals surface area contributed by atoms with Gasteiger partial charge in [-0.15, -0.1) is 6.58 Å². The minimum Gasteiger partial charge on any atom is -0.294 e. The van der Waals surface area contributed by atoms with E-state index in [1.807, 2.05) is 61.5 Å². The number of Topliss-reactive ketones (excluding diaryl/α,β-unsaturated/α-hetero) is 1. The summed E-state index contributed by atoms with van der Waals surface area (Å²) in [6, 6.07) is 23.9. The van der Waals surface area contributed by atoms with Crippen LogP contribution in [-0.2, 0) is 20.7 Å². The fourth-order valence-corrected chi connectivity index (χ4v) is 4.37. The van der Waals surface area contributed by atoms with Gasteiger partial charge in [0.25, 0.3) is 10.1 Å². The molecule has 5 heteroatoms. The van der Waals surface area contributed by atoms with Gasteiger partial charge in [0, 0.05) is 17.9 Å². The van der Waals surface area contributed by atoms with Gasteiger partial charge in [0.15, 0.2) is 5.78 Å². The molecule has 0 bridgehead atoms. The van der Waals surface area contributed by atoms with Gasteiger partial charge in [-0.05, 0) is 43.0 Å². The molecule has 3 aromatic rings. The van der Waals surface area contributed by atoms with Crippen LogP contribution in [-0.4, -0.2) is 20.8 Å². The maximum absolute atomic E-state index is 12.5. The van der Waals surface area contributed by atoms with Crippen molar-refractivity contribution in [2.24, 2.45) is 0 Å². The second-order valence-electron chi connectivity index (χ2n) is 7.77. The lowest BCUT2D eigenvalue weighted by atomic mass is 9.91. The average molecular weight is 449 g/mol. The highest BCUT2D eigenvalue weighted by Crippen LogP contribution is 2.24. The molecule has 166 valence electrons. The first-order valence-corrected chi connectivity index (χ1v) is 12.1. The molecule has 3 rings (SSSR count). The number of carbonyl (C=O) groups is 1. The third-order valence-corrected chi connectivity index (χ3v) is 6.68. The molecule has 0 heterocycles. The van der Waals surface area contributed by atoms with Crippen molar-refractivity contribution in [2.75, 3.05) is 6.61 Å². The summed E-state index contributed by atoms with van der Waals surface area (Å²) in [6.07, 6.45) is 3.46. The normalized spacial score (nSPS) is 12.3. The number of carbonyl (C=O) groups excluding carboxylic acids is 1. The molecule has 0 aliphatic carbocycles. The highest BCUT2D eigenvalue weighted by Gasteiger charge is 2.16. The van der Waals surface area contributed by atoms with Gasteiger partial charge < -0.3 is 0 Å². The van der Waals surface area contributed by atoms with E-state index in [-0.39, 0.29) is 23.2 Å². The van der Waals surface area contributed by atoms with Crippen LogP contribution < -0.4 is 0 Å². The molecule has 0 N–H and O–H groups in total. The Morgan fingerprint density at radius 1 is 0.969 bits per heavy atom. The SMILES string of the molecule is C=CC(CC(=O)c1ccccc1)c1ccc(CCCOS(=O)(=O)c2ccc(C)cc2)cc1. The minimum atomic E-state index is -3.73. The first-order valence-electron chi connectivity index (χ1n) is 10.6. The molecule has 1 atom stereocenters. The van der Waals surface area contributed by atoms with E-state index >= 15 is 0 Å². The second-order valence-corrected chi connectivity index (χ2v) is 9.39. The van der Waals surface area contributed by atoms with Crippen molar-refractivity contribution in [3.05, 3.63) is 114 Å².